The largest absolute Gasteiger partial charge is 0.481 e. The van der Waals surface area contributed by atoms with Gasteiger partial charge in [-0.3, -0.25) is 14.5 Å². The highest BCUT2D eigenvalue weighted by atomic mass is 16.7. The molecule has 10 heteroatoms. The molecular weight excluding hydrogens is 500 g/mol. The maximum absolute atomic E-state index is 13.6. The van der Waals surface area contributed by atoms with E-state index in [1.54, 1.807) is 6.20 Å². The molecule has 0 bridgehead atoms. The second-order valence-corrected chi connectivity index (χ2v) is 10.8. The first-order valence-electron chi connectivity index (χ1n) is 14.0. The van der Waals surface area contributed by atoms with Crippen molar-refractivity contribution in [1.29, 1.82) is 0 Å². The van der Waals surface area contributed by atoms with Crippen molar-refractivity contribution in [3.63, 3.8) is 0 Å². The van der Waals surface area contributed by atoms with E-state index in [2.05, 4.69) is 35.8 Å². The minimum absolute atomic E-state index is 0.0601. The molecule has 2 aliphatic heterocycles. The van der Waals surface area contributed by atoms with E-state index >= 15 is 0 Å². The molecule has 39 heavy (non-hydrogen) atoms. The lowest BCUT2D eigenvalue weighted by Crippen LogP contribution is -2.45. The van der Waals surface area contributed by atoms with Crippen LogP contribution in [0.3, 0.4) is 0 Å². The number of rotatable bonds is 15. The van der Waals surface area contributed by atoms with Gasteiger partial charge in [0.25, 0.3) is 0 Å². The Kier molecular flexibility index (Phi) is 10.2. The number of ether oxygens (including phenoxy) is 2. The number of amides is 1. The van der Waals surface area contributed by atoms with Crippen molar-refractivity contribution >= 4 is 11.9 Å². The number of carboxylic acids is 1. The van der Waals surface area contributed by atoms with Crippen molar-refractivity contribution in [3.05, 3.63) is 42.1 Å². The Bertz CT molecular complexity index is 1080. The minimum atomic E-state index is -0.864. The monoisotopic (exact) mass is 542 g/mol. The highest BCUT2D eigenvalue weighted by Gasteiger charge is 2.47. The van der Waals surface area contributed by atoms with Gasteiger partial charge in [0, 0.05) is 38.0 Å². The molecule has 0 saturated carbocycles. The molecule has 10 nitrogen and oxygen atoms in total. The van der Waals surface area contributed by atoms with Crippen molar-refractivity contribution in [2.24, 2.45) is 5.92 Å². The van der Waals surface area contributed by atoms with Gasteiger partial charge >= 0.3 is 5.97 Å². The number of aryl methyl sites for hydroxylation is 1. The number of fused-ring (bicyclic) bond motifs is 1. The molecule has 1 fully saturated rings. The van der Waals surface area contributed by atoms with Crippen LogP contribution in [0.25, 0.3) is 0 Å². The van der Waals surface area contributed by atoms with Gasteiger partial charge in [-0.25, -0.2) is 4.98 Å². The number of hydrogen-bond acceptors (Lipinski definition) is 8. The molecule has 1 amide bonds. The zero-order chi connectivity index (χ0) is 27.8. The van der Waals surface area contributed by atoms with Crippen LogP contribution in [-0.4, -0.2) is 96.3 Å². The molecule has 2 aromatic rings. The summed E-state index contributed by atoms with van der Waals surface area (Å²) in [4.78, 5) is 36.8. The number of oxazole rings is 1. The molecule has 4 rings (SSSR count). The summed E-state index contributed by atoms with van der Waals surface area (Å²) in [7, 11) is 4.11. The van der Waals surface area contributed by atoms with Crippen LogP contribution in [-0.2, 0) is 16.0 Å². The third-order valence-electron chi connectivity index (χ3n) is 7.75. The van der Waals surface area contributed by atoms with E-state index in [4.69, 9.17) is 13.9 Å². The summed E-state index contributed by atoms with van der Waals surface area (Å²) < 4.78 is 16.5. The second kappa shape index (κ2) is 13.8. The zero-order valence-corrected chi connectivity index (χ0v) is 23.4. The first-order chi connectivity index (χ1) is 18.9. The van der Waals surface area contributed by atoms with Gasteiger partial charge in [0.1, 0.15) is 6.26 Å². The molecular formula is C29H42N4O6. The Morgan fingerprint density at radius 2 is 1.87 bits per heavy atom. The lowest BCUT2D eigenvalue weighted by molar-refractivity contribution is -0.143. The normalized spacial score (nSPS) is 20.6. The molecule has 0 spiro atoms. The number of carbonyl (C=O) groups excluding carboxylic acids is 1. The molecule has 1 unspecified atom stereocenters. The summed E-state index contributed by atoms with van der Waals surface area (Å²) in [5.74, 6) is 0.0904. The summed E-state index contributed by atoms with van der Waals surface area (Å²) in [6.07, 6.45) is 8.08. The lowest BCUT2D eigenvalue weighted by atomic mass is 9.83. The average molecular weight is 543 g/mol. The van der Waals surface area contributed by atoms with Gasteiger partial charge in [-0.2, -0.15) is 0 Å². The van der Waals surface area contributed by atoms with E-state index in [1.807, 2.05) is 23.1 Å². The van der Waals surface area contributed by atoms with Gasteiger partial charge in [-0.05, 0) is 64.0 Å². The molecule has 1 N–H and O–H groups in total. The van der Waals surface area contributed by atoms with E-state index < -0.39 is 11.9 Å². The van der Waals surface area contributed by atoms with Crippen LogP contribution in [0.5, 0.6) is 11.5 Å². The summed E-state index contributed by atoms with van der Waals surface area (Å²) >= 11 is 0. The van der Waals surface area contributed by atoms with Crippen LogP contribution in [0.15, 0.2) is 35.1 Å². The van der Waals surface area contributed by atoms with Crippen LogP contribution < -0.4 is 9.47 Å². The summed E-state index contributed by atoms with van der Waals surface area (Å²) in [5, 5.41) is 10.4. The number of hydrogen-bond donors (Lipinski definition) is 1. The van der Waals surface area contributed by atoms with Crippen LogP contribution in [0.4, 0.5) is 0 Å². The smallest absolute Gasteiger partial charge is 0.308 e. The third-order valence-corrected chi connectivity index (χ3v) is 7.75. The Labute approximate surface area is 230 Å². The van der Waals surface area contributed by atoms with Gasteiger partial charge in [-0.1, -0.05) is 19.4 Å². The fourth-order valence-corrected chi connectivity index (χ4v) is 5.70. The lowest BCUT2D eigenvalue weighted by Gasteiger charge is -2.29. The second-order valence-electron chi connectivity index (χ2n) is 10.8. The standard InChI is InChI=1S/C29H42N4O6/c1-4-5-14-32(15-7-6-13-31(2)3)27(34)19-33-18-22(21-8-10-24-25(17-21)39-20-38-24)28(29(35)36)23(33)9-11-26-30-12-16-37-26/h8,10,12,16-17,22-23,28H,4-7,9,11,13-15,18-20H2,1-3H3,(H,35,36)/t22-,23+,28?/m1/s1. The molecule has 214 valence electrons. The Morgan fingerprint density at radius 3 is 2.59 bits per heavy atom. The predicted molar refractivity (Wildman–Crippen MR) is 146 cm³/mol. The minimum Gasteiger partial charge on any atom is -0.481 e. The van der Waals surface area contributed by atoms with Crippen LogP contribution >= 0.6 is 0 Å². The molecule has 3 heterocycles. The maximum Gasteiger partial charge on any atom is 0.308 e. The Hall–Kier alpha value is -3.11. The molecule has 1 aromatic heterocycles. The Morgan fingerprint density at radius 1 is 1.10 bits per heavy atom. The van der Waals surface area contributed by atoms with E-state index in [-0.39, 0.29) is 31.2 Å². The number of aromatic nitrogens is 1. The fraction of sp³-hybridized carbons (Fsp3) is 0.621. The SMILES string of the molecule is CCCCN(CCCCN(C)C)C(=O)CN1C[C@H](c2ccc3c(c2)OCO3)C(C(=O)O)[C@@H]1CCc1ncco1. The van der Waals surface area contributed by atoms with E-state index in [1.165, 1.54) is 6.26 Å². The maximum atomic E-state index is 13.6. The van der Waals surface area contributed by atoms with Crippen LogP contribution in [0, 0.1) is 5.92 Å². The molecule has 0 radical (unpaired) electrons. The molecule has 3 atom stereocenters. The van der Waals surface area contributed by atoms with Gasteiger partial charge < -0.3 is 28.8 Å². The van der Waals surface area contributed by atoms with Crippen molar-refractivity contribution in [2.75, 3.05) is 53.6 Å². The number of benzene rings is 1. The molecule has 0 aliphatic carbocycles. The number of nitrogens with zero attached hydrogens (tertiary/aromatic N) is 4. The molecule has 2 aliphatic rings. The van der Waals surface area contributed by atoms with Gasteiger partial charge in [-0.15, -0.1) is 0 Å². The number of carboxylic acid groups (broad SMARTS) is 1. The number of aliphatic carboxylic acids is 1. The van der Waals surface area contributed by atoms with Crippen molar-refractivity contribution in [1.82, 2.24) is 19.7 Å². The topological polar surface area (TPSA) is 109 Å². The van der Waals surface area contributed by atoms with E-state index in [0.717, 1.165) is 50.9 Å². The van der Waals surface area contributed by atoms with Crippen LogP contribution in [0.1, 0.15) is 56.4 Å². The van der Waals surface area contributed by atoms with Crippen LogP contribution in [0.2, 0.25) is 0 Å². The molecule has 1 saturated heterocycles. The number of unbranched alkanes of at least 4 members (excludes halogenated alkanes) is 2. The van der Waals surface area contributed by atoms with Crippen molar-refractivity contribution < 1.29 is 28.6 Å². The molecule has 1 aromatic carbocycles. The summed E-state index contributed by atoms with van der Waals surface area (Å²) in [6.45, 7) is 5.38. The Balaban J connectivity index is 1.53. The average Bonchev–Trinajstić information content (AvgIpc) is 3.66. The first-order valence-corrected chi connectivity index (χ1v) is 14.0. The first kappa shape index (κ1) is 28.9. The number of likely N-dealkylation sites (tertiary alicyclic amines) is 1. The zero-order valence-electron chi connectivity index (χ0n) is 23.4. The third kappa shape index (κ3) is 7.51. The van der Waals surface area contributed by atoms with Gasteiger partial charge in [0.05, 0.1) is 18.7 Å². The highest BCUT2D eigenvalue weighted by Crippen LogP contribution is 2.43. The highest BCUT2D eigenvalue weighted by molar-refractivity contribution is 5.79. The van der Waals surface area contributed by atoms with E-state index in [0.29, 0.717) is 36.8 Å². The van der Waals surface area contributed by atoms with Gasteiger partial charge in [0.15, 0.2) is 17.4 Å². The van der Waals surface area contributed by atoms with E-state index in [9.17, 15) is 14.7 Å². The van der Waals surface area contributed by atoms with Crippen molar-refractivity contribution in [2.45, 2.75) is 57.4 Å². The quantitative estimate of drug-likeness (QED) is 0.338. The predicted octanol–water partition coefficient (Wildman–Crippen LogP) is 3.48. The van der Waals surface area contributed by atoms with Gasteiger partial charge in [0.2, 0.25) is 12.7 Å². The fourth-order valence-electron chi connectivity index (χ4n) is 5.70. The van der Waals surface area contributed by atoms with Crippen molar-refractivity contribution in [3.8, 4) is 11.5 Å². The number of carbonyl (C=O) groups is 2. The summed E-state index contributed by atoms with van der Waals surface area (Å²) in [5.41, 5.74) is 0.884. The summed E-state index contributed by atoms with van der Waals surface area (Å²) in [6, 6.07) is 5.31.